The zero-order chi connectivity index (χ0) is 14.0. The van der Waals surface area contributed by atoms with Crippen molar-refractivity contribution in [3.8, 4) is 0 Å². The summed E-state index contributed by atoms with van der Waals surface area (Å²) in [6.07, 6.45) is 2.94. The van der Waals surface area contributed by atoms with Gasteiger partial charge in [0.05, 0.1) is 5.56 Å². The van der Waals surface area contributed by atoms with Crippen molar-refractivity contribution >= 4 is 11.7 Å². The molecule has 2 aromatic heterocycles. The number of nitrogens with one attached hydrogen (secondary N) is 1. The summed E-state index contributed by atoms with van der Waals surface area (Å²) in [5.41, 5.74) is -0.644. The summed E-state index contributed by atoms with van der Waals surface area (Å²) in [6, 6.07) is 4.40. The monoisotopic (exact) mass is 260 g/mol. The number of hydrogen-bond donors (Lipinski definition) is 1. The van der Waals surface area contributed by atoms with Crippen LogP contribution in [0.5, 0.6) is 0 Å². The summed E-state index contributed by atoms with van der Waals surface area (Å²) < 4.78 is 2.15. The first kappa shape index (κ1) is 12.7. The maximum absolute atomic E-state index is 11.9. The molecule has 0 aliphatic heterocycles. The lowest BCUT2D eigenvalue weighted by Crippen LogP contribution is -2.38. The van der Waals surface area contributed by atoms with E-state index in [0.29, 0.717) is 5.56 Å². The maximum Gasteiger partial charge on any atom is 0.332 e. The van der Waals surface area contributed by atoms with Gasteiger partial charge in [-0.3, -0.25) is 23.7 Å². The number of pyridine rings is 1. The molecule has 0 bridgehead atoms. The molecule has 7 nitrogen and oxygen atoms in total. The van der Waals surface area contributed by atoms with Crippen LogP contribution in [0.4, 0.5) is 5.82 Å². The Hall–Kier alpha value is -2.70. The molecule has 2 heterocycles. The summed E-state index contributed by atoms with van der Waals surface area (Å²) in [5.74, 6) is -0.293. The molecule has 0 radical (unpaired) electrons. The first-order valence-corrected chi connectivity index (χ1v) is 5.49. The third-order valence-electron chi connectivity index (χ3n) is 2.69. The molecule has 19 heavy (non-hydrogen) atoms. The third-order valence-corrected chi connectivity index (χ3v) is 2.69. The summed E-state index contributed by atoms with van der Waals surface area (Å²) in [4.78, 5) is 38.9. The highest BCUT2D eigenvalue weighted by Crippen LogP contribution is 2.03. The molecule has 0 aliphatic rings. The van der Waals surface area contributed by atoms with Crippen LogP contribution in [0.2, 0.25) is 0 Å². The Morgan fingerprint density at radius 3 is 2.63 bits per heavy atom. The van der Waals surface area contributed by atoms with Gasteiger partial charge in [-0.1, -0.05) is 0 Å². The molecule has 2 rings (SSSR count). The van der Waals surface area contributed by atoms with E-state index in [2.05, 4.69) is 10.3 Å². The maximum atomic E-state index is 11.9. The number of rotatable bonds is 2. The van der Waals surface area contributed by atoms with Crippen LogP contribution < -0.4 is 16.6 Å². The fourth-order valence-corrected chi connectivity index (χ4v) is 1.54. The van der Waals surface area contributed by atoms with E-state index in [1.807, 2.05) is 0 Å². The van der Waals surface area contributed by atoms with Crippen LogP contribution >= 0.6 is 0 Å². The molecule has 0 atom stereocenters. The predicted octanol–water partition coefficient (Wildman–Crippen LogP) is -0.269. The van der Waals surface area contributed by atoms with Gasteiger partial charge in [-0.15, -0.1) is 0 Å². The van der Waals surface area contributed by atoms with Gasteiger partial charge >= 0.3 is 5.69 Å². The second-order valence-electron chi connectivity index (χ2n) is 3.96. The van der Waals surface area contributed by atoms with Crippen molar-refractivity contribution in [1.82, 2.24) is 14.1 Å². The lowest BCUT2D eigenvalue weighted by Gasteiger charge is -2.10. The molecule has 2 aromatic rings. The number of amides is 1. The van der Waals surface area contributed by atoms with E-state index < -0.39 is 17.2 Å². The first-order chi connectivity index (χ1) is 9.00. The van der Waals surface area contributed by atoms with Crippen molar-refractivity contribution in [2.45, 2.75) is 0 Å². The van der Waals surface area contributed by atoms with Gasteiger partial charge in [-0.2, -0.15) is 0 Å². The minimum absolute atomic E-state index is 0.141. The second-order valence-corrected chi connectivity index (χ2v) is 3.96. The van der Waals surface area contributed by atoms with Crippen molar-refractivity contribution in [2.24, 2.45) is 14.1 Å². The zero-order valence-corrected chi connectivity index (χ0v) is 10.5. The number of nitrogens with zero attached hydrogens (tertiary/aromatic N) is 3. The Morgan fingerprint density at radius 2 is 2.00 bits per heavy atom. The molecule has 0 unspecified atom stereocenters. The lowest BCUT2D eigenvalue weighted by atomic mass is 10.3. The van der Waals surface area contributed by atoms with Crippen molar-refractivity contribution < 1.29 is 4.79 Å². The molecular formula is C12H12N4O3. The summed E-state index contributed by atoms with van der Waals surface area (Å²) in [5, 5.41) is 2.51. The molecule has 1 amide bonds. The Bertz CT molecular complexity index is 731. The van der Waals surface area contributed by atoms with E-state index in [-0.39, 0.29) is 5.82 Å². The molecule has 1 N–H and O–H groups in total. The Kier molecular flexibility index (Phi) is 3.28. The minimum Gasteiger partial charge on any atom is -0.308 e. The fourth-order valence-electron chi connectivity index (χ4n) is 1.54. The predicted molar refractivity (Wildman–Crippen MR) is 69.1 cm³/mol. The van der Waals surface area contributed by atoms with Gasteiger partial charge < -0.3 is 5.32 Å². The van der Waals surface area contributed by atoms with Crippen LogP contribution in [0.1, 0.15) is 10.4 Å². The fraction of sp³-hybridized carbons (Fsp3) is 0.167. The van der Waals surface area contributed by atoms with E-state index in [4.69, 9.17) is 0 Å². The van der Waals surface area contributed by atoms with E-state index >= 15 is 0 Å². The Morgan fingerprint density at radius 1 is 1.26 bits per heavy atom. The van der Waals surface area contributed by atoms with Gasteiger partial charge in [0.25, 0.3) is 11.5 Å². The molecule has 7 heteroatoms. The van der Waals surface area contributed by atoms with Gasteiger partial charge in [0.15, 0.2) is 0 Å². The SMILES string of the molecule is Cn1c(NC(=O)c2cccnc2)cc(=O)n(C)c1=O. The standard InChI is InChI=1S/C12H12N4O3/c1-15-9(6-10(17)16(2)12(15)19)14-11(18)8-4-3-5-13-7-8/h3-7H,1-2H3,(H,14,18). The molecule has 0 spiro atoms. The summed E-state index contributed by atoms with van der Waals surface area (Å²) >= 11 is 0. The quantitative estimate of drug-likeness (QED) is 0.805. The summed E-state index contributed by atoms with van der Waals surface area (Å²) in [7, 11) is 2.85. The highest BCUT2D eigenvalue weighted by molar-refractivity contribution is 6.03. The lowest BCUT2D eigenvalue weighted by molar-refractivity contribution is 0.102. The topological polar surface area (TPSA) is 86.0 Å². The smallest absolute Gasteiger partial charge is 0.308 e. The van der Waals surface area contributed by atoms with E-state index in [9.17, 15) is 14.4 Å². The third kappa shape index (κ3) is 2.44. The molecule has 0 saturated carbocycles. The number of aromatic nitrogens is 3. The van der Waals surface area contributed by atoms with Crippen molar-refractivity contribution in [1.29, 1.82) is 0 Å². The van der Waals surface area contributed by atoms with E-state index in [0.717, 1.165) is 4.57 Å². The Balaban J connectivity index is 2.38. The van der Waals surface area contributed by atoms with Crippen molar-refractivity contribution in [3.05, 3.63) is 57.0 Å². The molecule has 98 valence electrons. The van der Waals surface area contributed by atoms with Crippen LogP contribution in [0.25, 0.3) is 0 Å². The van der Waals surface area contributed by atoms with Crippen LogP contribution in [-0.4, -0.2) is 20.0 Å². The van der Waals surface area contributed by atoms with Crippen LogP contribution in [0.3, 0.4) is 0 Å². The number of carbonyl (C=O) groups is 1. The number of hydrogen-bond acceptors (Lipinski definition) is 4. The average Bonchev–Trinajstić information content (AvgIpc) is 2.43. The molecular weight excluding hydrogens is 248 g/mol. The molecule has 0 fully saturated rings. The van der Waals surface area contributed by atoms with Crippen LogP contribution in [0.15, 0.2) is 40.2 Å². The number of carbonyl (C=O) groups excluding carboxylic acids is 1. The van der Waals surface area contributed by atoms with Crippen LogP contribution in [0, 0.1) is 0 Å². The summed E-state index contributed by atoms with van der Waals surface area (Å²) in [6.45, 7) is 0. The largest absolute Gasteiger partial charge is 0.332 e. The highest BCUT2D eigenvalue weighted by atomic mass is 16.2. The van der Waals surface area contributed by atoms with Crippen molar-refractivity contribution in [2.75, 3.05) is 5.32 Å². The van der Waals surface area contributed by atoms with Crippen molar-refractivity contribution in [3.63, 3.8) is 0 Å². The van der Waals surface area contributed by atoms with Gasteiger partial charge in [0.2, 0.25) is 0 Å². The van der Waals surface area contributed by atoms with Gasteiger partial charge in [-0.05, 0) is 12.1 Å². The minimum atomic E-state index is -0.506. The molecule has 0 saturated heterocycles. The first-order valence-electron chi connectivity index (χ1n) is 5.49. The Labute approximate surface area is 108 Å². The normalized spacial score (nSPS) is 10.2. The van der Waals surface area contributed by atoms with Gasteiger partial charge in [0.1, 0.15) is 5.82 Å². The van der Waals surface area contributed by atoms with Crippen LogP contribution in [-0.2, 0) is 14.1 Å². The zero-order valence-electron chi connectivity index (χ0n) is 10.5. The van der Waals surface area contributed by atoms with Gasteiger partial charge in [-0.25, -0.2) is 4.79 Å². The highest BCUT2D eigenvalue weighted by Gasteiger charge is 2.10. The molecule has 0 aromatic carbocycles. The average molecular weight is 260 g/mol. The van der Waals surface area contributed by atoms with E-state index in [1.54, 1.807) is 18.3 Å². The number of anilines is 1. The van der Waals surface area contributed by atoms with Gasteiger partial charge in [0, 0.05) is 32.6 Å². The second kappa shape index (κ2) is 4.89. The van der Waals surface area contributed by atoms with E-state index in [1.165, 1.54) is 30.9 Å². The molecule has 0 aliphatic carbocycles.